The van der Waals surface area contributed by atoms with Gasteiger partial charge in [0.2, 0.25) is 5.91 Å². The van der Waals surface area contributed by atoms with Gasteiger partial charge in [0.05, 0.1) is 16.8 Å². The minimum absolute atomic E-state index is 0.0698. The molecule has 17 heavy (non-hydrogen) atoms. The molecule has 1 aromatic rings. The fraction of sp³-hybridized carbons (Fsp3) is 0.273. The molecule has 0 fully saturated rings. The summed E-state index contributed by atoms with van der Waals surface area (Å²) < 4.78 is 0. The van der Waals surface area contributed by atoms with Crippen molar-refractivity contribution in [2.75, 3.05) is 5.32 Å². The second kappa shape index (κ2) is 5.65. The van der Waals surface area contributed by atoms with E-state index in [9.17, 15) is 9.59 Å². The Labute approximate surface area is 104 Å². The van der Waals surface area contributed by atoms with Crippen LogP contribution in [0, 0.1) is 0 Å². The molecule has 0 saturated heterocycles. The largest absolute Gasteiger partial charge is 0.478 e. The van der Waals surface area contributed by atoms with Gasteiger partial charge in [0, 0.05) is 0 Å². The highest BCUT2D eigenvalue weighted by atomic mass is 35.5. The number of hydrogen-bond acceptors (Lipinski definition) is 3. The Balaban J connectivity index is 3.03. The van der Waals surface area contributed by atoms with Crippen molar-refractivity contribution in [2.24, 2.45) is 5.73 Å². The second-order valence-corrected chi connectivity index (χ2v) is 3.88. The van der Waals surface area contributed by atoms with E-state index in [4.69, 9.17) is 22.4 Å². The molecule has 0 bridgehead atoms. The average Bonchev–Trinajstić information content (AvgIpc) is 2.27. The van der Waals surface area contributed by atoms with Crippen LogP contribution in [0.25, 0.3) is 0 Å². The van der Waals surface area contributed by atoms with E-state index in [0.29, 0.717) is 6.42 Å². The zero-order chi connectivity index (χ0) is 13.0. The minimum atomic E-state index is -1.20. The lowest BCUT2D eigenvalue weighted by atomic mass is 10.1. The molecule has 0 aliphatic heterocycles. The zero-order valence-corrected chi connectivity index (χ0v) is 9.99. The summed E-state index contributed by atoms with van der Waals surface area (Å²) in [5.74, 6) is -1.63. The van der Waals surface area contributed by atoms with Crippen molar-refractivity contribution in [3.63, 3.8) is 0 Å². The molecule has 0 spiro atoms. The number of halogens is 1. The van der Waals surface area contributed by atoms with Crippen LogP contribution in [0.2, 0.25) is 5.02 Å². The van der Waals surface area contributed by atoms with E-state index < -0.39 is 17.9 Å². The van der Waals surface area contributed by atoms with E-state index in [-0.39, 0.29) is 16.3 Å². The molecule has 6 heteroatoms. The first-order chi connectivity index (χ1) is 7.97. The number of carboxylic acids is 1. The Kier molecular flexibility index (Phi) is 4.48. The summed E-state index contributed by atoms with van der Waals surface area (Å²) in [5.41, 5.74) is 5.55. The predicted molar refractivity (Wildman–Crippen MR) is 65.3 cm³/mol. The van der Waals surface area contributed by atoms with Crippen molar-refractivity contribution in [3.8, 4) is 0 Å². The lowest BCUT2D eigenvalue weighted by Crippen LogP contribution is -2.35. The molecule has 92 valence electrons. The molecule has 0 heterocycles. The topological polar surface area (TPSA) is 92.4 Å². The van der Waals surface area contributed by atoms with Gasteiger partial charge < -0.3 is 16.2 Å². The Morgan fingerprint density at radius 2 is 2.18 bits per heavy atom. The van der Waals surface area contributed by atoms with Gasteiger partial charge in [0.25, 0.3) is 0 Å². The van der Waals surface area contributed by atoms with Gasteiger partial charge >= 0.3 is 5.97 Å². The Morgan fingerprint density at radius 1 is 1.53 bits per heavy atom. The summed E-state index contributed by atoms with van der Waals surface area (Å²) in [6.07, 6.45) is 0.467. The van der Waals surface area contributed by atoms with Crippen molar-refractivity contribution in [1.29, 1.82) is 0 Å². The van der Waals surface area contributed by atoms with Crippen LogP contribution in [0.4, 0.5) is 5.69 Å². The molecule has 0 radical (unpaired) electrons. The molecule has 0 aromatic heterocycles. The summed E-state index contributed by atoms with van der Waals surface area (Å²) in [4.78, 5) is 22.6. The van der Waals surface area contributed by atoms with Gasteiger partial charge in [-0.2, -0.15) is 0 Å². The first kappa shape index (κ1) is 13.5. The van der Waals surface area contributed by atoms with E-state index in [1.807, 2.05) is 0 Å². The normalized spacial score (nSPS) is 11.9. The number of benzene rings is 1. The SMILES string of the molecule is CC[C@@H](N)C(=O)Nc1cccc(Cl)c1C(=O)O. The van der Waals surface area contributed by atoms with Crippen LogP contribution in [-0.4, -0.2) is 23.0 Å². The highest BCUT2D eigenvalue weighted by molar-refractivity contribution is 6.34. The van der Waals surface area contributed by atoms with E-state index in [2.05, 4.69) is 5.32 Å². The van der Waals surface area contributed by atoms with Crippen molar-refractivity contribution in [1.82, 2.24) is 0 Å². The summed E-state index contributed by atoms with van der Waals surface area (Å²) in [6.45, 7) is 1.76. The van der Waals surface area contributed by atoms with Gasteiger partial charge in [0.15, 0.2) is 0 Å². The molecule has 5 nitrogen and oxygen atoms in total. The van der Waals surface area contributed by atoms with Gasteiger partial charge in [-0.1, -0.05) is 24.6 Å². The van der Waals surface area contributed by atoms with E-state index in [1.54, 1.807) is 13.0 Å². The molecule has 4 N–H and O–H groups in total. The number of nitrogens with one attached hydrogen (secondary N) is 1. The third kappa shape index (κ3) is 3.18. The summed E-state index contributed by atoms with van der Waals surface area (Å²) >= 11 is 5.76. The highest BCUT2D eigenvalue weighted by Gasteiger charge is 2.18. The van der Waals surface area contributed by atoms with Crippen LogP contribution in [0.1, 0.15) is 23.7 Å². The monoisotopic (exact) mass is 256 g/mol. The fourth-order valence-electron chi connectivity index (χ4n) is 1.26. The van der Waals surface area contributed by atoms with Crippen LogP contribution in [-0.2, 0) is 4.79 Å². The van der Waals surface area contributed by atoms with E-state index in [1.165, 1.54) is 12.1 Å². The van der Waals surface area contributed by atoms with Crippen molar-refractivity contribution >= 4 is 29.2 Å². The Hall–Kier alpha value is -1.59. The van der Waals surface area contributed by atoms with Gasteiger partial charge in [-0.25, -0.2) is 4.79 Å². The van der Waals surface area contributed by atoms with E-state index >= 15 is 0 Å². The average molecular weight is 257 g/mol. The zero-order valence-electron chi connectivity index (χ0n) is 9.24. The molecular weight excluding hydrogens is 244 g/mol. The molecule has 1 aromatic carbocycles. The molecule has 0 unspecified atom stereocenters. The minimum Gasteiger partial charge on any atom is -0.478 e. The maximum atomic E-state index is 11.6. The molecule has 0 aliphatic rings. The molecule has 1 atom stereocenters. The number of anilines is 1. The first-order valence-corrected chi connectivity index (χ1v) is 5.43. The lowest BCUT2D eigenvalue weighted by molar-refractivity contribution is -0.117. The lowest BCUT2D eigenvalue weighted by Gasteiger charge is -2.12. The molecule has 1 rings (SSSR count). The number of carbonyl (C=O) groups excluding carboxylic acids is 1. The highest BCUT2D eigenvalue weighted by Crippen LogP contribution is 2.24. The van der Waals surface area contributed by atoms with Crippen LogP contribution in [0.5, 0.6) is 0 Å². The third-order valence-corrected chi connectivity index (χ3v) is 2.58. The van der Waals surface area contributed by atoms with Crippen molar-refractivity contribution in [2.45, 2.75) is 19.4 Å². The van der Waals surface area contributed by atoms with Crippen LogP contribution in [0.3, 0.4) is 0 Å². The quantitative estimate of drug-likeness (QED) is 0.765. The second-order valence-electron chi connectivity index (χ2n) is 3.47. The van der Waals surface area contributed by atoms with Crippen LogP contribution < -0.4 is 11.1 Å². The van der Waals surface area contributed by atoms with Crippen molar-refractivity contribution in [3.05, 3.63) is 28.8 Å². The standard InChI is InChI=1S/C11H13ClN2O3/c1-2-7(13)10(15)14-8-5-3-4-6(12)9(8)11(16)17/h3-5,7H,2,13H2,1H3,(H,14,15)(H,16,17)/t7-/m1/s1. The van der Waals surface area contributed by atoms with Crippen molar-refractivity contribution < 1.29 is 14.7 Å². The van der Waals surface area contributed by atoms with E-state index in [0.717, 1.165) is 0 Å². The third-order valence-electron chi connectivity index (χ3n) is 2.26. The number of aromatic carboxylic acids is 1. The maximum Gasteiger partial charge on any atom is 0.339 e. The number of rotatable bonds is 4. The van der Waals surface area contributed by atoms with Gasteiger partial charge in [-0.3, -0.25) is 4.79 Å². The predicted octanol–water partition coefficient (Wildman–Crippen LogP) is 1.71. The number of nitrogens with two attached hydrogens (primary N) is 1. The fourth-order valence-corrected chi connectivity index (χ4v) is 1.51. The van der Waals surface area contributed by atoms with Gasteiger partial charge in [-0.05, 0) is 18.6 Å². The number of carboxylic acid groups (broad SMARTS) is 1. The smallest absolute Gasteiger partial charge is 0.339 e. The van der Waals surface area contributed by atoms with Gasteiger partial charge in [0.1, 0.15) is 5.56 Å². The molecule has 1 amide bonds. The first-order valence-electron chi connectivity index (χ1n) is 5.05. The number of amides is 1. The van der Waals surface area contributed by atoms with Crippen LogP contribution >= 0.6 is 11.6 Å². The Morgan fingerprint density at radius 3 is 2.71 bits per heavy atom. The molecule has 0 aliphatic carbocycles. The van der Waals surface area contributed by atoms with Gasteiger partial charge in [-0.15, -0.1) is 0 Å². The molecular formula is C11H13ClN2O3. The van der Waals surface area contributed by atoms with Crippen LogP contribution in [0.15, 0.2) is 18.2 Å². The summed E-state index contributed by atoms with van der Waals surface area (Å²) in [6, 6.07) is 3.80. The molecule has 0 saturated carbocycles. The number of hydrogen-bond donors (Lipinski definition) is 3. The number of carbonyl (C=O) groups is 2. The Bertz CT molecular complexity index is 448. The maximum absolute atomic E-state index is 11.6. The summed E-state index contributed by atoms with van der Waals surface area (Å²) in [7, 11) is 0. The summed E-state index contributed by atoms with van der Waals surface area (Å²) in [5, 5.41) is 11.5.